The number of carbonyl (C=O) groups is 1. The third kappa shape index (κ3) is 2.82. The van der Waals surface area contributed by atoms with Gasteiger partial charge in [-0.05, 0) is 49.5 Å². The molecule has 3 unspecified atom stereocenters. The Kier molecular flexibility index (Phi) is 3.74. The van der Waals surface area contributed by atoms with Gasteiger partial charge in [-0.2, -0.15) is 0 Å². The number of amides is 1. The lowest BCUT2D eigenvalue weighted by molar-refractivity contribution is 0.0869. The lowest BCUT2D eigenvalue weighted by Crippen LogP contribution is -2.55. The van der Waals surface area contributed by atoms with E-state index in [0.717, 1.165) is 13.0 Å². The maximum atomic E-state index is 11.9. The average molecular weight is 257 g/mol. The SMILES string of the molecule is CC1CCNC(C)C1NC(=O)c1ccc(Cl)o1. The van der Waals surface area contributed by atoms with E-state index in [0.29, 0.717) is 5.92 Å². The first-order chi connectivity index (χ1) is 8.08. The van der Waals surface area contributed by atoms with Crippen molar-refractivity contribution in [1.82, 2.24) is 10.6 Å². The molecule has 1 saturated heterocycles. The van der Waals surface area contributed by atoms with Gasteiger partial charge in [0.15, 0.2) is 11.0 Å². The Morgan fingerprint density at radius 1 is 1.53 bits per heavy atom. The molecule has 1 aromatic rings. The molecule has 2 N–H and O–H groups in total. The number of furan rings is 1. The van der Waals surface area contributed by atoms with Gasteiger partial charge in [-0.15, -0.1) is 0 Å². The minimum Gasteiger partial charge on any atom is -0.440 e. The summed E-state index contributed by atoms with van der Waals surface area (Å²) in [7, 11) is 0. The molecular formula is C12H17ClN2O2. The van der Waals surface area contributed by atoms with Crippen LogP contribution in [0.5, 0.6) is 0 Å². The highest BCUT2D eigenvalue weighted by atomic mass is 35.5. The van der Waals surface area contributed by atoms with Gasteiger partial charge in [-0.25, -0.2) is 0 Å². The van der Waals surface area contributed by atoms with E-state index in [1.165, 1.54) is 0 Å². The largest absolute Gasteiger partial charge is 0.440 e. The monoisotopic (exact) mass is 256 g/mol. The van der Waals surface area contributed by atoms with Crippen molar-refractivity contribution in [2.24, 2.45) is 5.92 Å². The van der Waals surface area contributed by atoms with E-state index in [9.17, 15) is 4.79 Å². The minimum atomic E-state index is -0.204. The Morgan fingerprint density at radius 3 is 2.88 bits per heavy atom. The van der Waals surface area contributed by atoms with E-state index < -0.39 is 0 Å². The van der Waals surface area contributed by atoms with Crippen molar-refractivity contribution in [3.8, 4) is 0 Å². The quantitative estimate of drug-likeness (QED) is 0.852. The smallest absolute Gasteiger partial charge is 0.287 e. The number of halogens is 1. The van der Waals surface area contributed by atoms with Crippen LogP contribution in [0.4, 0.5) is 0 Å². The molecule has 5 heteroatoms. The van der Waals surface area contributed by atoms with Crippen molar-refractivity contribution < 1.29 is 9.21 Å². The van der Waals surface area contributed by atoms with Crippen molar-refractivity contribution in [3.63, 3.8) is 0 Å². The van der Waals surface area contributed by atoms with Gasteiger partial charge < -0.3 is 15.1 Å². The van der Waals surface area contributed by atoms with Crippen LogP contribution in [0.25, 0.3) is 0 Å². The Balaban J connectivity index is 2.02. The molecule has 0 radical (unpaired) electrons. The summed E-state index contributed by atoms with van der Waals surface area (Å²) in [4.78, 5) is 11.9. The second-order valence-corrected chi connectivity index (χ2v) is 4.98. The molecule has 4 nitrogen and oxygen atoms in total. The van der Waals surface area contributed by atoms with E-state index in [-0.39, 0.29) is 29.0 Å². The highest BCUT2D eigenvalue weighted by Crippen LogP contribution is 2.18. The number of nitrogens with one attached hydrogen (secondary N) is 2. The first-order valence-corrected chi connectivity index (χ1v) is 6.25. The predicted molar refractivity (Wildman–Crippen MR) is 66.2 cm³/mol. The Labute approximate surface area is 106 Å². The van der Waals surface area contributed by atoms with E-state index in [1.807, 2.05) is 0 Å². The fourth-order valence-electron chi connectivity index (χ4n) is 2.26. The zero-order valence-electron chi connectivity index (χ0n) is 10.00. The summed E-state index contributed by atoms with van der Waals surface area (Å²) < 4.78 is 5.09. The summed E-state index contributed by atoms with van der Waals surface area (Å²) >= 11 is 5.65. The van der Waals surface area contributed by atoms with Crippen LogP contribution < -0.4 is 10.6 Å². The second kappa shape index (κ2) is 5.10. The lowest BCUT2D eigenvalue weighted by Gasteiger charge is -2.35. The van der Waals surface area contributed by atoms with Crippen molar-refractivity contribution in [1.29, 1.82) is 0 Å². The summed E-state index contributed by atoms with van der Waals surface area (Å²) in [5, 5.41) is 6.58. The Bertz CT molecular complexity index is 395. The molecule has 3 atom stereocenters. The van der Waals surface area contributed by atoms with Crippen LogP contribution >= 0.6 is 11.6 Å². The molecule has 1 aromatic heterocycles. The van der Waals surface area contributed by atoms with Gasteiger partial charge in [-0.1, -0.05) is 6.92 Å². The van der Waals surface area contributed by atoms with Crippen molar-refractivity contribution in [2.45, 2.75) is 32.4 Å². The molecule has 0 aromatic carbocycles. The van der Waals surface area contributed by atoms with Crippen LogP contribution in [0.3, 0.4) is 0 Å². The summed E-state index contributed by atoms with van der Waals surface area (Å²) in [6, 6.07) is 3.55. The molecule has 0 saturated carbocycles. The van der Waals surface area contributed by atoms with Crippen molar-refractivity contribution in [2.75, 3.05) is 6.54 Å². The molecule has 1 amide bonds. The predicted octanol–water partition coefficient (Wildman–Crippen LogP) is 2.05. The maximum Gasteiger partial charge on any atom is 0.287 e. The van der Waals surface area contributed by atoms with Crippen LogP contribution in [0.2, 0.25) is 5.22 Å². The standard InChI is InChI=1S/C12H17ClN2O2/c1-7-5-6-14-8(2)11(7)15-12(16)9-3-4-10(13)17-9/h3-4,7-8,11,14H,5-6H2,1-2H3,(H,15,16). The normalized spacial score (nSPS) is 29.0. The van der Waals surface area contributed by atoms with E-state index >= 15 is 0 Å². The van der Waals surface area contributed by atoms with Crippen LogP contribution in [-0.2, 0) is 0 Å². The Morgan fingerprint density at radius 2 is 2.29 bits per heavy atom. The second-order valence-electron chi connectivity index (χ2n) is 4.61. The van der Waals surface area contributed by atoms with Crippen LogP contribution in [-0.4, -0.2) is 24.5 Å². The Hall–Kier alpha value is -1.00. The van der Waals surface area contributed by atoms with Crippen molar-refractivity contribution in [3.05, 3.63) is 23.1 Å². The van der Waals surface area contributed by atoms with Crippen LogP contribution in [0.1, 0.15) is 30.8 Å². The molecule has 1 aliphatic heterocycles. The first-order valence-electron chi connectivity index (χ1n) is 5.87. The number of rotatable bonds is 2. The molecule has 1 aliphatic rings. The zero-order chi connectivity index (χ0) is 12.4. The summed E-state index contributed by atoms with van der Waals surface area (Å²) in [5.41, 5.74) is 0. The molecule has 17 heavy (non-hydrogen) atoms. The molecule has 0 bridgehead atoms. The average Bonchev–Trinajstić information content (AvgIpc) is 2.70. The van der Waals surface area contributed by atoms with Gasteiger partial charge in [0.1, 0.15) is 0 Å². The van der Waals surface area contributed by atoms with Crippen molar-refractivity contribution >= 4 is 17.5 Å². The topological polar surface area (TPSA) is 54.3 Å². The highest BCUT2D eigenvalue weighted by Gasteiger charge is 2.29. The fourth-order valence-corrected chi connectivity index (χ4v) is 2.41. The summed E-state index contributed by atoms with van der Waals surface area (Å²) in [6.07, 6.45) is 1.06. The number of hydrogen-bond acceptors (Lipinski definition) is 3. The maximum absolute atomic E-state index is 11.9. The summed E-state index contributed by atoms with van der Waals surface area (Å²) in [5.74, 6) is 0.518. The summed E-state index contributed by atoms with van der Waals surface area (Å²) in [6.45, 7) is 5.23. The minimum absolute atomic E-state index is 0.125. The fraction of sp³-hybridized carbons (Fsp3) is 0.583. The van der Waals surface area contributed by atoms with Gasteiger partial charge >= 0.3 is 0 Å². The zero-order valence-corrected chi connectivity index (χ0v) is 10.8. The highest BCUT2D eigenvalue weighted by molar-refractivity contribution is 6.29. The third-order valence-electron chi connectivity index (χ3n) is 3.31. The molecule has 0 aliphatic carbocycles. The molecule has 2 rings (SSSR count). The number of piperidine rings is 1. The number of hydrogen-bond donors (Lipinski definition) is 2. The number of carbonyl (C=O) groups excluding carboxylic acids is 1. The van der Waals surface area contributed by atoms with Crippen LogP contribution in [0, 0.1) is 5.92 Å². The van der Waals surface area contributed by atoms with Gasteiger partial charge in [0.25, 0.3) is 5.91 Å². The van der Waals surface area contributed by atoms with Gasteiger partial charge in [0.05, 0.1) is 0 Å². The molecule has 0 spiro atoms. The molecule has 2 heterocycles. The molecule has 94 valence electrons. The van der Waals surface area contributed by atoms with Gasteiger partial charge in [0, 0.05) is 12.1 Å². The molecule has 1 fully saturated rings. The van der Waals surface area contributed by atoms with E-state index in [4.69, 9.17) is 16.0 Å². The van der Waals surface area contributed by atoms with E-state index in [2.05, 4.69) is 24.5 Å². The molecular weight excluding hydrogens is 240 g/mol. The van der Waals surface area contributed by atoms with Crippen LogP contribution in [0.15, 0.2) is 16.5 Å². The first kappa shape index (κ1) is 12.5. The third-order valence-corrected chi connectivity index (χ3v) is 3.52. The van der Waals surface area contributed by atoms with E-state index in [1.54, 1.807) is 12.1 Å². The van der Waals surface area contributed by atoms with Gasteiger partial charge in [-0.3, -0.25) is 4.79 Å². The van der Waals surface area contributed by atoms with Gasteiger partial charge in [0.2, 0.25) is 0 Å². The lowest BCUT2D eigenvalue weighted by atomic mass is 9.89.